The minimum Gasteiger partial charge on any atom is -0.467 e. The number of fused-ring (bicyclic) bond motifs is 1. The lowest BCUT2D eigenvalue weighted by Crippen LogP contribution is -2.11. The first-order valence-electron chi connectivity index (χ1n) is 8.42. The highest BCUT2D eigenvalue weighted by Gasteiger charge is 2.19. The van der Waals surface area contributed by atoms with E-state index in [-0.39, 0.29) is 17.4 Å². The summed E-state index contributed by atoms with van der Waals surface area (Å²) < 4.78 is 10.6. The van der Waals surface area contributed by atoms with Gasteiger partial charge in [-0.1, -0.05) is 41.6 Å². The molecule has 28 heavy (non-hydrogen) atoms. The summed E-state index contributed by atoms with van der Waals surface area (Å²) in [4.78, 5) is 24.5. The van der Waals surface area contributed by atoms with Crippen LogP contribution in [0.25, 0.3) is 22.5 Å². The number of ether oxygens (including phenoxy) is 1. The highest BCUT2D eigenvalue weighted by molar-refractivity contribution is 6.07. The number of rotatable bonds is 6. The molecule has 0 spiro atoms. The van der Waals surface area contributed by atoms with Crippen LogP contribution in [0.5, 0.6) is 6.01 Å². The van der Waals surface area contributed by atoms with Gasteiger partial charge in [-0.05, 0) is 17.7 Å². The summed E-state index contributed by atoms with van der Waals surface area (Å²) in [6.45, 7) is 0.524. The number of aromatic nitrogens is 4. The van der Waals surface area contributed by atoms with Crippen molar-refractivity contribution in [2.24, 2.45) is 5.73 Å². The van der Waals surface area contributed by atoms with Crippen molar-refractivity contribution in [3.8, 4) is 17.6 Å². The Morgan fingerprint density at radius 2 is 1.93 bits per heavy atom. The molecular weight excluding hydrogens is 360 g/mol. The Bertz CT molecular complexity index is 1140. The first-order chi connectivity index (χ1) is 13.7. The van der Waals surface area contributed by atoms with Crippen molar-refractivity contribution >= 4 is 22.8 Å². The van der Waals surface area contributed by atoms with Crippen molar-refractivity contribution < 1.29 is 14.1 Å². The Morgan fingerprint density at radius 3 is 2.68 bits per heavy atom. The van der Waals surface area contributed by atoms with Crippen LogP contribution in [0.3, 0.4) is 0 Å². The summed E-state index contributed by atoms with van der Waals surface area (Å²) >= 11 is 0. The Kier molecular flexibility index (Phi) is 4.55. The first-order valence-corrected chi connectivity index (χ1v) is 8.42. The van der Waals surface area contributed by atoms with Gasteiger partial charge in [-0.3, -0.25) is 4.79 Å². The number of carbonyl (C=O) groups is 1. The van der Waals surface area contributed by atoms with E-state index in [0.29, 0.717) is 29.2 Å². The molecule has 0 aliphatic carbocycles. The minimum absolute atomic E-state index is 0.121. The monoisotopic (exact) mass is 376 g/mol. The van der Waals surface area contributed by atoms with Crippen LogP contribution in [0.2, 0.25) is 0 Å². The van der Waals surface area contributed by atoms with Gasteiger partial charge in [0, 0.05) is 6.54 Å². The molecular formula is C19H16N6O3. The fraction of sp³-hybridized carbons (Fsp3) is 0.105. The summed E-state index contributed by atoms with van der Waals surface area (Å²) in [6, 6.07) is 15.0. The van der Waals surface area contributed by atoms with E-state index in [2.05, 4.69) is 25.4 Å². The number of hydrogen-bond donors (Lipinski definition) is 2. The van der Waals surface area contributed by atoms with E-state index >= 15 is 0 Å². The van der Waals surface area contributed by atoms with Crippen LogP contribution in [0.1, 0.15) is 15.9 Å². The summed E-state index contributed by atoms with van der Waals surface area (Å²) in [5.41, 5.74) is 7.08. The predicted octanol–water partition coefficient (Wildman–Crippen LogP) is 2.40. The largest absolute Gasteiger partial charge is 0.467 e. The maximum atomic E-state index is 11.6. The standard InChI is InChI=1S/C19H16N6O3/c1-27-19-23-17(22-18(24-19)21-10-11-6-3-2-4-7-11)15-12-8-5-9-13(16(20)26)14(12)25-28-15/h2-9H,10H2,1H3,(H2,20,26)(H,21,22,23,24). The fourth-order valence-corrected chi connectivity index (χ4v) is 2.73. The number of nitrogens with zero attached hydrogens (tertiary/aromatic N) is 4. The van der Waals surface area contributed by atoms with Gasteiger partial charge >= 0.3 is 6.01 Å². The number of methoxy groups -OCH3 is 1. The number of primary amides is 1. The van der Waals surface area contributed by atoms with Crippen molar-refractivity contribution in [2.75, 3.05) is 12.4 Å². The average molecular weight is 376 g/mol. The zero-order valence-corrected chi connectivity index (χ0v) is 14.9. The molecule has 0 bridgehead atoms. The Morgan fingerprint density at radius 1 is 1.11 bits per heavy atom. The van der Waals surface area contributed by atoms with Crippen molar-refractivity contribution in [3.05, 3.63) is 59.7 Å². The lowest BCUT2D eigenvalue weighted by atomic mass is 10.1. The second-order valence-electron chi connectivity index (χ2n) is 5.89. The van der Waals surface area contributed by atoms with Crippen LogP contribution in [-0.2, 0) is 6.54 Å². The molecule has 4 aromatic rings. The number of hydrogen-bond acceptors (Lipinski definition) is 8. The summed E-state index contributed by atoms with van der Waals surface area (Å²) in [7, 11) is 1.46. The number of nitrogens with two attached hydrogens (primary N) is 1. The molecule has 3 N–H and O–H groups in total. The van der Waals surface area contributed by atoms with Crippen LogP contribution in [0.15, 0.2) is 53.1 Å². The molecule has 0 saturated heterocycles. The van der Waals surface area contributed by atoms with E-state index in [1.165, 1.54) is 7.11 Å². The molecule has 0 atom stereocenters. The minimum atomic E-state index is -0.594. The van der Waals surface area contributed by atoms with Crippen LogP contribution >= 0.6 is 0 Å². The molecule has 2 aromatic heterocycles. The average Bonchev–Trinajstić information content (AvgIpc) is 3.17. The van der Waals surface area contributed by atoms with Crippen molar-refractivity contribution in [1.29, 1.82) is 0 Å². The second-order valence-corrected chi connectivity index (χ2v) is 5.89. The summed E-state index contributed by atoms with van der Waals surface area (Å²) in [5.74, 6) is 0.248. The third kappa shape index (κ3) is 3.32. The quantitative estimate of drug-likeness (QED) is 0.525. The maximum Gasteiger partial charge on any atom is 0.321 e. The number of benzene rings is 2. The van der Waals surface area contributed by atoms with Gasteiger partial charge in [-0.2, -0.15) is 15.0 Å². The van der Waals surface area contributed by atoms with E-state index in [1.807, 2.05) is 30.3 Å². The number of carbonyl (C=O) groups excluding carboxylic acids is 1. The zero-order valence-electron chi connectivity index (χ0n) is 14.9. The van der Waals surface area contributed by atoms with Crippen LogP contribution in [-0.4, -0.2) is 33.1 Å². The SMILES string of the molecule is COc1nc(NCc2ccccc2)nc(-c2onc3c(C(N)=O)cccc23)n1. The Labute approximate surface area is 159 Å². The van der Waals surface area contributed by atoms with E-state index in [1.54, 1.807) is 18.2 Å². The van der Waals surface area contributed by atoms with Gasteiger partial charge in [-0.25, -0.2) is 0 Å². The third-order valence-electron chi connectivity index (χ3n) is 4.07. The smallest absolute Gasteiger partial charge is 0.321 e. The van der Waals surface area contributed by atoms with Crippen molar-refractivity contribution in [1.82, 2.24) is 20.1 Å². The summed E-state index contributed by atoms with van der Waals surface area (Å²) in [6.07, 6.45) is 0. The molecule has 0 saturated carbocycles. The van der Waals surface area contributed by atoms with Crippen LogP contribution in [0, 0.1) is 0 Å². The van der Waals surface area contributed by atoms with Gasteiger partial charge in [0.2, 0.25) is 17.5 Å². The van der Waals surface area contributed by atoms with Crippen LogP contribution in [0.4, 0.5) is 5.95 Å². The third-order valence-corrected chi connectivity index (χ3v) is 4.07. The summed E-state index contributed by atoms with van der Waals surface area (Å²) in [5, 5.41) is 7.66. The number of amides is 1. The van der Waals surface area contributed by atoms with Gasteiger partial charge in [-0.15, -0.1) is 0 Å². The molecule has 1 amide bonds. The molecule has 0 unspecified atom stereocenters. The molecule has 2 aromatic carbocycles. The molecule has 0 fully saturated rings. The number of anilines is 1. The molecule has 9 nitrogen and oxygen atoms in total. The van der Waals surface area contributed by atoms with Gasteiger partial charge in [0.15, 0.2) is 0 Å². The van der Waals surface area contributed by atoms with E-state index in [9.17, 15) is 4.79 Å². The predicted molar refractivity (Wildman–Crippen MR) is 102 cm³/mol. The lowest BCUT2D eigenvalue weighted by Gasteiger charge is -2.07. The van der Waals surface area contributed by atoms with Gasteiger partial charge in [0.25, 0.3) is 5.91 Å². The Hall–Kier alpha value is -4.01. The zero-order chi connectivity index (χ0) is 19.5. The molecule has 2 heterocycles. The van der Waals surface area contributed by atoms with Crippen molar-refractivity contribution in [3.63, 3.8) is 0 Å². The highest BCUT2D eigenvalue weighted by Crippen LogP contribution is 2.29. The Balaban J connectivity index is 1.73. The van der Waals surface area contributed by atoms with Crippen LogP contribution < -0.4 is 15.8 Å². The molecule has 0 aliphatic rings. The highest BCUT2D eigenvalue weighted by atomic mass is 16.5. The fourth-order valence-electron chi connectivity index (χ4n) is 2.73. The van der Waals surface area contributed by atoms with E-state index in [4.69, 9.17) is 15.0 Å². The topological polar surface area (TPSA) is 129 Å². The molecule has 9 heteroatoms. The second kappa shape index (κ2) is 7.31. The maximum absolute atomic E-state index is 11.6. The lowest BCUT2D eigenvalue weighted by molar-refractivity contribution is 0.100. The first kappa shape index (κ1) is 17.4. The van der Waals surface area contributed by atoms with Gasteiger partial charge < -0.3 is 20.3 Å². The molecule has 0 aliphatic heterocycles. The van der Waals surface area contributed by atoms with E-state index < -0.39 is 5.91 Å². The van der Waals surface area contributed by atoms with Gasteiger partial charge in [0.1, 0.15) is 5.52 Å². The number of nitrogens with one attached hydrogen (secondary N) is 1. The normalized spacial score (nSPS) is 10.8. The van der Waals surface area contributed by atoms with Crippen molar-refractivity contribution in [2.45, 2.75) is 6.54 Å². The van der Waals surface area contributed by atoms with Gasteiger partial charge in [0.05, 0.1) is 18.1 Å². The molecule has 140 valence electrons. The molecule has 4 rings (SSSR count). The van der Waals surface area contributed by atoms with E-state index in [0.717, 1.165) is 5.56 Å². The molecule has 0 radical (unpaired) electrons.